The Morgan fingerprint density at radius 1 is 1.17 bits per heavy atom. The van der Waals surface area contributed by atoms with Crippen LogP contribution in [-0.4, -0.2) is 49.2 Å². The number of carbonyl (C=O) groups excluding carboxylic acids is 1. The van der Waals surface area contributed by atoms with Gasteiger partial charge in [0, 0.05) is 26.2 Å². The molecule has 0 saturated carbocycles. The average molecular weight is 248 g/mol. The molecule has 1 aromatic carbocycles. The lowest BCUT2D eigenvalue weighted by atomic mass is 10.1. The van der Waals surface area contributed by atoms with Crippen molar-refractivity contribution in [2.24, 2.45) is 0 Å². The summed E-state index contributed by atoms with van der Waals surface area (Å²) in [6, 6.07) is 10.0. The van der Waals surface area contributed by atoms with Gasteiger partial charge in [0.05, 0.1) is 6.42 Å². The van der Waals surface area contributed by atoms with Gasteiger partial charge in [-0.3, -0.25) is 4.79 Å². The molecule has 1 saturated heterocycles. The minimum Gasteiger partial charge on any atom is -0.368 e. The number of likely N-dealkylation sites (N-methyl/N-ethyl adjacent to an activating group) is 1. The number of piperazine rings is 1. The van der Waals surface area contributed by atoms with Crippen molar-refractivity contribution in [2.75, 3.05) is 33.2 Å². The molecule has 1 aromatic rings. The van der Waals surface area contributed by atoms with Crippen LogP contribution in [0.4, 0.5) is 0 Å². The maximum atomic E-state index is 11.7. The Morgan fingerprint density at radius 3 is 2.50 bits per heavy atom. The van der Waals surface area contributed by atoms with E-state index in [9.17, 15) is 4.79 Å². The number of aryl methyl sites for hydroxylation is 1. The van der Waals surface area contributed by atoms with Crippen LogP contribution in [0.2, 0.25) is 0 Å². The highest BCUT2D eigenvalue weighted by Gasteiger charge is 2.17. The molecular weight excluding hydrogens is 228 g/mol. The number of hydroxylamine groups is 2. The van der Waals surface area contributed by atoms with E-state index < -0.39 is 0 Å². The Kier molecular flexibility index (Phi) is 4.73. The molecule has 98 valence electrons. The minimum absolute atomic E-state index is 0.136. The fourth-order valence-electron chi connectivity index (χ4n) is 1.96. The van der Waals surface area contributed by atoms with Crippen LogP contribution in [0.1, 0.15) is 12.0 Å². The Balaban J connectivity index is 1.69. The highest BCUT2D eigenvalue weighted by atomic mass is 16.7. The lowest BCUT2D eigenvalue weighted by Gasteiger charge is -2.30. The van der Waals surface area contributed by atoms with Gasteiger partial charge in [-0.2, -0.15) is 0 Å². The number of rotatable bonds is 4. The van der Waals surface area contributed by atoms with Gasteiger partial charge in [-0.1, -0.05) is 30.3 Å². The second kappa shape index (κ2) is 6.52. The summed E-state index contributed by atoms with van der Waals surface area (Å²) in [4.78, 5) is 19.2. The summed E-state index contributed by atoms with van der Waals surface area (Å²) in [5, 5.41) is 1.77. The zero-order chi connectivity index (χ0) is 12.8. The van der Waals surface area contributed by atoms with Crippen LogP contribution in [0.5, 0.6) is 0 Å². The van der Waals surface area contributed by atoms with Crippen molar-refractivity contribution in [1.29, 1.82) is 0 Å². The van der Waals surface area contributed by atoms with Crippen molar-refractivity contribution < 1.29 is 9.63 Å². The predicted molar refractivity (Wildman–Crippen MR) is 69.9 cm³/mol. The van der Waals surface area contributed by atoms with Gasteiger partial charge in [0.1, 0.15) is 0 Å². The third kappa shape index (κ3) is 4.13. The molecule has 0 aromatic heterocycles. The van der Waals surface area contributed by atoms with Crippen molar-refractivity contribution in [1.82, 2.24) is 9.96 Å². The van der Waals surface area contributed by atoms with Crippen LogP contribution in [0, 0.1) is 0 Å². The number of hydrogen-bond acceptors (Lipinski definition) is 4. The van der Waals surface area contributed by atoms with Crippen LogP contribution in [-0.2, 0) is 16.1 Å². The maximum Gasteiger partial charge on any atom is 0.325 e. The number of nitrogens with zero attached hydrogens (tertiary/aromatic N) is 2. The molecule has 0 radical (unpaired) electrons. The van der Waals surface area contributed by atoms with Gasteiger partial charge < -0.3 is 9.74 Å². The number of benzene rings is 1. The van der Waals surface area contributed by atoms with Crippen LogP contribution < -0.4 is 0 Å². The fraction of sp³-hybridized carbons (Fsp3) is 0.500. The van der Waals surface area contributed by atoms with E-state index in [2.05, 4.69) is 11.9 Å². The van der Waals surface area contributed by atoms with E-state index in [1.807, 2.05) is 30.3 Å². The predicted octanol–water partition coefficient (Wildman–Crippen LogP) is 1.32. The van der Waals surface area contributed by atoms with Gasteiger partial charge in [-0.15, -0.1) is 5.06 Å². The summed E-state index contributed by atoms with van der Waals surface area (Å²) in [5.41, 5.74) is 1.17. The van der Waals surface area contributed by atoms with E-state index >= 15 is 0 Å². The van der Waals surface area contributed by atoms with Crippen molar-refractivity contribution >= 4 is 5.97 Å². The van der Waals surface area contributed by atoms with Crippen LogP contribution in [0.15, 0.2) is 30.3 Å². The smallest absolute Gasteiger partial charge is 0.325 e. The summed E-state index contributed by atoms with van der Waals surface area (Å²) in [6.45, 7) is 3.50. The van der Waals surface area contributed by atoms with Crippen LogP contribution in [0.3, 0.4) is 0 Å². The molecule has 1 aliphatic heterocycles. The molecule has 4 nitrogen and oxygen atoms in total. The second-order valence-corrected chi connectivity index (χ2v) is 4.68. The third-order valence-corrected chi connectivity index (χ3v) is 3.15. The van der Waals surface area contributed by atoms with Gasteiger partial charge in [0.25, 0.3) is 0 Å². The fourth-order valence-corrected chi connectivity index (χ4v) is 1.96. The number of hydrogen-bond donors (Lipinski definition) is 0. The van der Waals surface area contributed by atoms with Crippen molar-refractivity contribution in [3.8, 4) is 0 Å². The zero-order valence-corrected chi connectivity index (χ0v) is 10.8. The summed E-state index contributed by atoms with van der Waals surface area (Å²) in [6.07, 6.45) is 1.18. The monoisotopic (exact) mass is 248 g/mol. The standard InChI is InChI=1S/C14H20N2O2/c1-15-9-11-16(12-10-15)18-14(17)8-7-13-5-3-2-4-6-13/h2-6H,7-12H2,1H3. The first-order valence-corrected chi connectivity index (χ1v) is 6.42. The molecule has 18 heavy (non-hydrogen) atoms. The topological polar surface area (TPSA) is 32.8 Å². The first-order chi connectivity index (χ1) is 8.74. The summed E-state index contributed by atoms with van der Waals surface area (Å²) in [7, 11) is 2.08. The molecule has 4 heteroatoms. The molecule has 0 atom stereocenters. The normalized spacial score (nSPS) is 17.6. The highest BCUT2D eigenvalue weighted by molar-refractivity contribution is 5.69. The minimum atomic E-state index is -0.136. The Labute approximate surface area is 108 Å². The van der Waals surface area contributed by atoms with E-state index in [4.69, 9.17) is 4.84 Å². The Hall–Kier alpha value is -1.39. The largest absolute Gasteiger partial charge is 0.368 e. The second-order valence-electron chi connectivity index (χ2n) is 4.68. The van der Waals surface area contributed by atoms with E-state index in [0.29, 0.717) is 6.42 Å². The van der Waals surface area contributed by atoms with Gasteiger partial charge in [-0.25, -0.2) is 0 Å². The van der Waals surface area contributed by atoms with E-state index in [1.54, 1.807) is 5.06 Å². The quantitative estimate of drug-likeness (QED) is 0.804. The Bertz CT molecular complexity index is 373. The van der Waals surface area contributed by atoms with Crippen molar-refractivity contribution in [3.05, 3.63) is 35.9 Å². The molecule has 0 aliphatic carbocycles. The van der Waals surface area contributed by atoms with Crippen LogP contribution >= 0.6 is 0 Å². The molecule has 1 aliphatic rings. The highest BCUT2D eigenvalue weighted by Crippen LogP contribution is 2.06. The first-order valence-electron chi connectivity index (χ1n) is 6.42. The van der Waals surface area contributed by atoms with Gasteiger partial charge in [0.2, 0.25) is 0 Å². The SMILES string of the molecule is CN1CCN(OC(=O)CCc2ccccc2)CC1. The molecule has 0 bridgehead atoms. The molecule has 2 rings (SSSR count). The lowest BCUT2D eigenvalue weighted by molar-refractivity contribution is -0.196. The van der Waals surface area contributed by atoms with E-state index in [-0.39, 0.29) is 5.97 Å². The molecule has 0 spiro atoms. The Morgan fingerprint density at radius 2 is 1.83 bits per heavy atom. The first kappa shape index (κ1) is 13.1. The summed E-state index contributed by atoms with van der Waals surface area (Å²) < 4.78 is 0. The lowest BCUT2D eigenvalue weighted by Crippen LogP contribution is -2.45. The van der Waals surface area contributed by atoms with Gasteiger partial charge >= 0.3 is 5.97 Å². The maximum absolute atomic E-state index is 11.7. The van der Waals surface area contributed by atoms with E-state index in [1.165, 1.54) is 5.56 Å². The van der Waals surface area contributed by atoms with Gasteiger partial charge in [0.15, 0.2) is 0 Å². The molecule has 0 N–H and O–H groups in total. The molecule has 0 amide bonds. The summed E-state index contributed by atoms with van der Waals surface area (Å²) in [5.74, 6) is -0.136. The molecule has 1 fully saturated rings. The molecular formula is C14H20N2O2. The zero-order valence-electron chi connectivity index (χ0n) is 10.8. The van der Waals surface area contributed by atoms with Crippen molar-refractivity contribution in [2.45, 2.75) is 12.8 Å². The third-order valence-electron chi connectivity index (χ3n) is 3.15. The van der Waals surface area contributed by atoms with E-state index in [0.717, 1.165) is 32.6 Å². The molecule has 0 unspecified atom stereocenters. The van der Waals surface area contributed by atoms with Crippen LogP contribution in [0.25, 0.3) is 0 Å². The average Bonchev–Trinajstić information content (AvgIpc) is 2.40. The summed E-state index contributed by atoms with van der Waals surface area (Å²) >= 11 is 0. The number of carbonyl (C=O) groups is 1. The van der Waals surface area contributed by atoms with Gasteiger partial charge in [-0.05, 0) is 19.0 Å². The molecule has 1 heterocycles. The van der Waals surface area contributed by atoms with Crippen molar-refractivity contribution in [3.63, 3.8) is 0 Å².